The number of aryl methyl sites for hydroxylation is 1. The van der Waals surface area contributed by atoms with E-state index in [2.05, 4.69) is 15.3 Å². The van der Waals surface area contributed by atoms with Crippen molar-refractivity contribution in [2.75, 3.05) is 0 Å². The fraction of sp³-hybridized carbons (Fsp3) is 0.379. The number of carbonyl (C=O) groups is 2. The fourth-order valence-electron chi connectivity index (χ4n) is 4.86. The maximum absolute atomic E-state index is 13.1. The summed E-state index contributed by atoms with van der Waals surface area (Å²) >= 11 is 0. The van der Waals surface area contributed by atoms with Crippen LogP contribution in [0.5, 0.6) is 0 Å². The molecule has 1 aliphatic heterocycles. The number of aromatic nitrogens is 2. The Balaban J connectivity index is 1.77. The van der Waals surface area contributed by atoms with Crippen molar-refractivity contribution in [3.05, 3.63) is 81.9 Å². The Morgan fingerprint density at radius 3 is 2.19 bits per heavy atom. The standard InChI is InChI=1S/C29H34N4O4/c1-17-8-10-20(11-9-17)24-18(2)21-15-33(28(36)32-14-23-30-12-7-13-31-23)16-22(21)19(3)25(24)26(27(34)35)37-29(4,5)6/h7-13,26H,14-16H2,1-6H3,(H,32,36)(H,34,35)/t26-/m0/s1. The Labute approximate surface area is 217 Å². The molecule has 2 N–H and O–H groups in total. The molecule has 0 radical (unpaired) electrons. The molecule has 2 heterocycles. The molecule has 2 aromatic carbocycles. The summed E-state index contributed by atoms with van der Waals surface area (Å²) in [7, 11) is 0. The highest BCUT2D eigenvalue weighted by Crippen LogP contribution is 2.43. The van der Waals surface area contributed by atoms with Crippen molar-refractivity contribution in [3.8, 4) is 11.1 Å². The molecule has 0 bridgehead atoms. The average molecular weight is 503 g/mol. The van der Waals surface area contributed by atoms with Gasteiger partial charge in [0.05, 0.1) is 12.1 Å². The Morgan fingerprint density at radius 1 is 1.03 bits per heavy atom. The van der Waals surface area contributed by atoms with Gasteiger partial charge in [0.2, 0.25) is 0 Å². The first kappa shape index (κ1) is 26.3. The second kappa shape index (κ2) is 10.3. The van der Waals surface area contributed by atoms with Crippen LogP contribution in [0.4, 0.5) is 4.79 Å². The van der Waals surface area contributed by atoms with Crippen LogP contribution in [0.15, 0.2) is 42.7 Å². The van der Waals surface area contributed by atoms with E-state index in [1.165, 1.54) is 0 Å². The number of nitrogens with one attached hydrogen (secondary N) is 1. The number of nitrogens with zero attached hydrogens (tertiary/aromatic N) is 3. The van der Waals surface area contributed by atoms with E-state index >= 15 is 0 Å². The summed E-state index contributed by atoms with van der Waals surface area (Å²) in [5.41, 5.74) is 6.69. The monoisotopic (exact) mass is 502 g/mol. The number of benzene rings is 2. The molecule has 1 aromatic heterocycles. The summed E-state index contributed by atoms with van der Waals surface area (Å²) in [5.74, 6) is -0.506. The molecule has 0 saturated carbocycles. The summed E-state index contributed by atoms with van der Waals surface area (Å²) in [6.45, 7) is 12.6. The summed E-state index contributed by atoms with van der Waals surface area (Å²) < 4.78 is 6.12. The smallest absolute Gasteiger partial charge is 0.337 e. The van der Waals surface area contributed by atoms with Gasteiger partial charge in [-0.15, -0.1) is 0 Å². The van der Waals surface area contributed by atoms with Crippen molar-refractivity contribution in [2.24, 2.45) is 0 Å². The molecule has 8 nitrogen and oxygen atoms in total. The molecule has 0 unspecified atom stereocenters. The first-order valence-corrected chi connectivity index (χ1v) is 12.4. The van der Waals surface area contributed by atoms with Crippen molar-refractivity contribution in [2.45, 2.75) is 72.9 Å². The lowest BCUT2D eigenvalue weighted by atomic mass is 9.83. The molecule has 0 aliphatic carbocycles. The van der Waals surface area contributed by atoms with Crippen LogP contribution in [0.1, 0.15) is 66.1 Å². The third kappa shape index (κ3) is 5.64. The topological polar surface area (TPSA) is 105 Å². The largest absolute Gasteiger partial charge is 0.479 e. The van der Waals surface area contributed by atoms with Gasteiger partial charge in [0, 0.05) is 31.0 Å². The van der Waals surface area contributed by atoms with Gasteiger partial charge in [-0.2, -0.15) is 0 Å². The predicted octanol–water partition coefficient (Wildman–Crippen LogP) is 5.24. The number of carboxylic acids is 1. The lowest BCUT2D eigenvalue weighted by molar-refractivity contribution is -0.160. The summed E-state index contributed by atoms with van der Waals surface area (Å²) in [6, 6.07) is 9.58. The van der Waals surface area contributed by atoms with Gasteiger partial charge >= 0.3 is 12.0 Å². The molecule has 0 fully saturated rings. The molecule has 37 heavy (non-hydrogen) atoms. The molecular formula is C29H34N4O4. The zero-order valence-electron chi connectivity index (χ0n) is 22.3. The first-order valence-electron chi connectivity index (χ1n) is 12.4. The SMILES string of the molecule is Cc1ccc(-c2c(C)c3c(c(C)c2[C@H](OC(C)(C)C)C(=O)O)CN(C(=O)NCc2ncccn2)C3)cc1. The van der Waals surface area contributed by atoms with E-state index in [4.69, 9.17) is 4.74 Å². The van der Waals surface area contributed by atoms with Gasteiger partial charge in [-0.3, -0.25) is 0 Å². The molecule has 194 valence electrons. The zero-order chi connectivity index (χ0) is 26.9. The van der Waals surface area contributed by atoms with E-state index in [0.717, 1.165) is 38.9 Å². The van der Waals surface area contributed by atoms with Crippen molar-refractivity contribution >= 4 is 12.0 Å². The van der Waals surface area contributed by atoms with Crippen molar-refractivity contribution in [1.29, 1.82) is 0 Å². The minimum Gasteiger partial charge on any atom is -0.479 e. The number of ether oxygens (including phenoxy) is 1. The number of rotatable bonds is 6. The number of amides is 2. The second-order valence-electron chi connectivity index (χ2n) is 10.5. The van der Waals surface area contributed by atoms with Gasteiger partial charge < -0.3 is 20.1 Å². The highest BCUT2D eigenvalue weighted by molar-refractivity contribution is 5.85. The third-order valence-corrected chi connectivity index (χ3v) is 6.62. The first-order chi connectivity index (χ1) is 17.5. The summed E-state index contributed by atoms with van der Waals surface area (Å²) in [5, 5.41) is 13.2. The van der Waals surface area contributed by atoms with Gasteiger partial charge in [0.1, 0.15) is 5.82 Å². The normalized spacial score (nSPS) is 13.8. The minimum atomic E-state index is -1.15. The lowest BCUT2D eigenvalue weighted by Gasteiger charge is -2.29. The number of hydrogen-bond donors (Lipinski definition) is 2. The van der Waals surface area contributed by atoms with E-state index in [1.54, 1.807) is 23.4 Å². The van der Waals surface area contributed by atoms with Crippen LogP contribution in [-0.4, -0.2) is 37.6 Å². The van der Waals surface area contributed by atoms with E-state index in [9.17, 15) is 14.7 Å². The number of carboxylic acid groups (broad SMARTS) is 1. The minimum absolute atomic E-state index is 0.221. The van der Waals surface area contributed by atoms with Crippen LogP contribution in [-0.2, 0) is 29.2 Å². The highest BCUT2D eigenvalue weighted by atomic mass is 16.5. The maximum Gasteiger partial charge on any atom is 0.337 e. The quantitative estimate of drug-likeness (QED) is 0.478. The van der Waals surface area contributed by atoms with Crippen molar-refractivity contribution in [1.82, 2.24) is 20.2 Å². The molecular weight excluding hydrogens is 468 g/mol. The van der Waals surface area contributed by atoms with Gasteiger partial charge in [-0.05, 0) is 81.0 Å². The second-order valence-corrected chi connectivity index (χ2v) is 10.5. The molecule has 4 rings (SSSR count). The molecule has 8 heteroatoms. The average Bonchev–Trinajstić information content (AvgIpc) is 3.30. The zero-order valence-corrected chi connectivity index (χ0v) is 22.3. The Hall–Kier alpha value is -3.78. The number of fused-ring (bicyclic) bond motifs is 1. The lowest BCUT2D eigenvalue weighted by Crippen LogP contribution is -2.36. The van der Waals surface area contributed by atoms with E-state index in [0.29, 0.717) is 24.5 Å². The number of aliphatic carboxylic acids is 1. The number of hydrogen-bond acceptors (Lipinski definition) is 5. The number of carbonyl (C=O) groups excluding carboxylic acids is 1. The molecule has 0 saturated heterocycles. The molecule has 3 aromatic rings. The third-order valence-electron chi connectivity index (χ3n) is 6.62. The van der Waals surface area contributed by atoms with Crippen molar-refractivity contribution < 1.29 is 19.4 Å². The van der Waals surface area contributed by atoms with Gasteiger partial charge in [-0.1, -0.05) is 29.8 Å². The van der Waals surface area contributed by atoms with Crippen LogP contribution in [0.3, 0.4) is 0 Å². The number of urea groups is 1. The van der Waals surface area contributed by atoms with Gasteiger partial charge in [0.15, 0.2) is 6.10 Å². The Morgan fingerprint density at radius 2 is 1.62 bits per heavy atom. The van der Waals surface area contributed by atoms with E-state index < -0.39 is 17.7 Å². The van der Waals surface area contributed by atoms with Crippen LogP contribution in [0.2, 0.25) is 0 Å². The van der Waals surface area contributed by atoms with E-state index in [1.807, 2.05) is 65.8 Å². The summed E-state index contributed by atoms with van der Waals surface area (Å²) in [4.78, 5) is 35.7. The molecule has 1 aliphatic rings. The Bertz CT molecular complexity index is 1310. The Kier molecular flexibility index (Phi) is 7.32. The van der Waals surface area contributed by atoms with Crippen LogP contribution in [0.25, 0.3) is 11.1 Å². The predicted molar refractivity (Wildman–Crippen MR) is 141 cm³/mol. The van der Waals surface area contributed by atoms with E-state index in [-0.39, 0.29) is 12.6 Å². The fourth-order valence-corrected chi connectivity index (χ4v) is 4.86. The van der Waals surface area contributed by atoms with Gasteiger partial charge in [0.25, 0.3) is 0 Å². The molecule has 2 amide bonds. The van der Waals surface area contributed by atoms with Crippen LogP contribution in [0, 0.1) is 20.8 Å². The molecule has 1 atom stereocenters. The summed E-state index contributed by atoms with van der Waals surface area (Å²) in [6.07, 6.45) is 2.12. The molecule has 0 spiro atoms. The van der Waals surface area contributed by atoms with Crippen molar-refractivity contribution in [3.63, 3.8) is 0 Å². The maximum atomic E-state index is 13.1. The van der Waals surface area contributed by atoms with Crippen LogP contribution >= 0.6 is 0 Å². The van der Waals surface area contributed by atoms with Crippen LogP contribution < -0.4 is 5.32 Å². The van der Waals surface area contributed by atoms with Gasteiger partial charge in [-0.25, -0.2) is 19.6 Å². The highest BCUT2D eigenvalue weighted by Gasteiger charge is 2.36.